The summed E-state index contributed by atoms with van der Waals surface area (Å²) in [5.74, 6) is 0.698. The Bertz CT molecular complexity index is 257. The van der Waals surface area contributed by atoms with Crippen LogP contribution < -0.4 is 5.73 Å². The van der Waals surface area contributed by atoms with Crippen molar-refractivity contribution in [3.8, 4) is 0 Å². The maximum Gasteiger partial charge on any atom is 0.323 e. The third-order valence-corrected chi connectivity index (χ3v) is 4.60. The summed E-state index contributed by atoms with van der Waals surface area (Å²) in [5.41, 5.74) is 4.73. The molecule has 1 fully saturated rings. The quantitative estimate of drug-likeness (QED) is 0.697. The summed E-state index contributed by atoms with van der Waals surface area (Å²) in [7, 11) is 0. The minimum Gasteiger partial charge on any atom is -0.480 e. The first kappa shape index (κ1) is 15.5. The van der Waals surface area contributed by atoms with Gasteiger partial charge in [-0.15, -0.1) is 0 Å². The molecule has 1 saturated carbocycles. The van der Waals surface area contributed by atoms with Gasteiger partial charge in [0.2, 0.25) is 0 Å². The maximum atomic E-state index is 11.0. The van der Waals surface area contributed by atoms with E-state index in [4.69, 9.17) is 10.8 Å². The van der Waals surface area contributed by atoms with E-state index in [2.05, 4.69) is 6.92 Å². The van der Waals surface area contributed by atoms with Crippen molar-refractivity contribution in [2.75, 3.05) is 0 Å². The molecule has 0 aromatic carbocycles. The van der Waals surface area contributed by atoms with Gasteiger partial charge < -0.3 is 10.8 Å². The number of nitrogens with two attached hydrogens (primary N) is 1. The van der Waals surface area contributed by atoms with Crippen molar-refractivity contribution in [3.05, 3.63) is 0 Å². The smallest absolute Gasteiger partial charge is 0.323 e. The SMILES string of the molecule is CCC(CCC1CCCC1)CCC(C)(N)C(=O)O. The van der Waals surface area contributed by atoms with Gasteiger partial charge in [-0.25, -0.2) is 0 Å². The van der Waals surface area contributed by atoms with Crippen molar-refractivity contribution in [1.29, 1.82) is 0 Å². The average molecular weight is 255 g/mol. The molecule has 0 saturated heterocycles. The second-order valence-corrected chi connectivity index (χ2v) is 6.26. The van der Waals surface area contributed by atoms with Gasteiger partial charge in [-0.05, 0) is 31.6 Å². The van der Waals surface area contributed by atoms with Crippen LogP contribution in [0.15, 0.2) is 0 Å². The first-order valence-electron chi connectivity index (χ1n) is 7.48. The Morgan fingerprint density at radius 3 is 2.50 bits per heavy atom. The fraction of sp³-hybridized carbons (Fsp3) is 0.933. The molecule has 0 radical (unpaired) electrons. The van der Waals surface area contributed by atoms with Crippen molar-refractivity contribution < 1.29 is 9.90 Å². The number of carboxylic acids is 1. The van der Waals surface area contributed by atoms with Gasteiger partial charge in [0.15, 0.2) is 0 Å². The Morgan fingerprint density at radius 2 is 2.00 bits per heavy atom. The molecular weight excluding hydrogens is 226 g/mol. The zero-order valence-electron chi connectivity index (χ0n) is 12.0. The lowest BCUT2D eigenvalue weighted by molar-refractivity contribution is -0.143. The Labute approximate surface area is 111 Å². The predicted molar refractivity (Wildman–Crippen MR) is 74.4 cm³/mol. The van der Waals surface area contributed by atoms with Gasteiger partial charge in [-0.3, -0.25) is 4.79 Å². The summed E-state index contributed by atoms with van der Waals surface area (Å²) in [5, 5.41) is 9.00. The van der Waals surface area contributed by atoms with E-state index in [0.717, 1.165) is 18.8 Å². The van der Waals surface area contributed by atoms with Gasteiger partial charge in [0.1, 0.15) is 5.54 Å². The Hall–Kier alpha value is -0.570. The second-order valence-electron chi connectivity index (χ2n) is 6.26. The van der Waals surface area contributed by atoms with Crippen LogP contribution in [0.25, 0.3) is 0 Å². The molecule has 3 nitrogen and oxygen atoms in total. The van der Waals surface area contributed by atoms with Gasteiger partial charge in [0.25, 0.3) is 0 Å². The molecule has 2 unspecified atom stereocenters. The summed E-state index contributed by atoms with van der Waals surface area (Å²) in [6.07, 6.45) is 10.9. The molecular formula is C15H29NO2. The molecule has 0 bridgehead atoms. The van der Waals surface area contributed by atoms with Crippen LogP contribution in [0.1, 0.15) is 71.6 Å². The van der Waals surface area contributed by atoms with E-state index >= 15 is 0 Å². The van der Waals surface area contributed by atoms with Gasteiger partial charge >= 0.3 is 5.97 Å². The number of rotatable bonds is 8. The molecule has 1 aliphatic carbocycles. The lowest BCUT2D eigenvalue weighted by Gasteiger charge is -2.23. The predicted octanol–water partition coefficient (Wildman–Crippen LogP) is 3.57. The van der Waals surface area contributed by atoms with Gasteiger partial charge in [-0.2, -0.15) is 0 Å². The highest BCUT2D eigenvalue weighted by Crippen LogP contribution is 2.31. The molecule has 106 valence electrons. The van der Waals surface area contributed by atoms with Gasteiger partial charge in [-0.1, -0.05) is 51.9 Å². The molecule has 0 spiro atoms. The monoisotopic (exact) mass is 255 g/mol. The topological polar surface area (TPSA) is 63.3 Å². The molecule has 1 aliphatic rings. The van der Waals surface area contributed by atoms with Crippen LogP contribution in [0.5, 0.6) is 0 Å². The molecule has 3 N–H and O–H groups in total. The van der Waals surface area contributed by atoms with Crippen molar-refractivity contribution in [1.82, 2.24) is 0 Å². The van der Waals surface area contributed by atoms with Crippen LogP contribution in [0.4, 0.5) is 0 Å². The summed E-state index contributed by atoms with van der Waals surface area (Å²) in [4.78, 5) is 11.0. The van der Waals surface area contributed by atoms with Crippen LogP contribution in [0.3, 0.4) is 0 Å². The molecule has 0 aliphatic heterocycles. The van der Waals surface area contributed by atoms with Crippen molar-refractivity contribution in [3.63, 3.8) is 0 Å². The van der Waals surface area contributed by atoms with E-state index < -0.39 is 11.5 Å². The lowest BCUT2D eigenvalue weighted by atomic mass is 9.86. The summed E-state index contributed by atoms with van der Waals surface area (Å²) < 4.78 is 0. The van der Waals surface area contributed by atoms with E-state index in [1.165, 1.54) is 38.5 Å². The molecule has 0 aromatic heterocycles. The summed E-state index contributed by atoms with van der Waals surface area (Å²) in [6.45, 7) is 3.83. The zero-order chi connectivity index (χ0) is 13.6. The van der Waals surface area contributed by atoms with Crippen LogP contribution >= 0.6 is 0 Å². The number of aliphatic carboxylic acids is 1. The van der Waals surface area contributed by atoms with Gasteiger partial charge in [0, 0.05) is 0 Å². The summed E-state index contributed by atoms with van der Waals surface area (Å²) >= 11 is 0. The number of carbonyl (C=O) groups is 1. The normalized spacial score (nSPS) is 21.7. The molecule has 0 heterocycles. The van der Waals surface area contributed by atoms with Crippen molar-refractivity contribution >= 4 is 5.97 Å². The van der Waals surface area contributed by atoms with E-state index in [-0.39, 0.29) is 0 Å². The Balaban J connectivity index is 2.26. The van der Waals surface area contributed by atoms with E-state index in [0.29, 0.717) is 12.3 Å². The first-order chi connectivity index (χ1) is 8.45. The number of hydrogen-bond donors (Lipinski definition) is 2. The highest BCUT2D eigenvalue weighted by molar-refractivity contribution is 5.77. The van der Waals surface area contributed by atoms with Crippen molar-refractivity contribution in [2.24, 2.45) is 17.6 Å². The third-order valence-electron chi connectivity index (χ3n) is 4.60. The minimum atomic E-state index is -1.05. The fourth-order valence-electron chi connectivity index (χ4n) is 2.93. The standard InChI is InChI=1S/C15H29NO2/c1-3-12(8-9-13-6-4-5-7-13)10-11-15(2,16)14(17)18/h12-13H,3-11,16H2,1-2H3,(H,17,18). The molecule has 2 atom stereocenters. The largest absolute Gasteiger partial charge is 0.480 e. The molecule has 3 heteroatoms. The summed E-state index contributed by atoms with van der Waals surface area (Å²) in [6, 6.07) is 0. The van der Waals surface area contributed by atoms with Crippen molar-refractivity contribution in [2.45, 2.75) is 77.2 Å². The Morgan fingerprint density at radius 1 is 1.39 bits per heavy atom. The lowest BCUT2D eigenvalue weighted by Crippen LogP contribution is -2.45. The molecule has 0 aromatic rings. The van der Waals surface area contributed by atoms with Crippen LogP contribution in [-0.2, 0) is 4.79 Å². The van der Waals surface area contributed by atoms with E-state index in [1.807, 2.05) is 0 Å². The van der Waals surface area contributed by atoms with Crippen LogP contribution in [-0.4, -0.2) is 16.6 Å². The van der Waals surface area contributed by atoms with Gasteiger partial charge in [0.05, 0.1) is 0 Å². The van der Waals surface area contributed by atoms with Crippen LogP contribution in [0.2, 0.25) is 0 Å². The maximum absolute atomic E-state index is 11.0. The average Bonchev–Trinajstić information content (AvgIpc) is 2.82. The first-order valence-corrected chi connectivity index (χ1v) is 7.48. The number of carboxylic acid groups (broad SMARTS) is 1. The highest BCUT2D eigenvalue weighted by Gasteiger charge is 2.28. The highest BCUT2D eigenvalue weighted by atomic mass is 16.4. The molecule has 18 heavy (non-hydrogen) atoms. The molecule has 0 amide bonds. The minimum absolute atomic E-state index is 0.589. The molecule has 1 rings (SSSR count). The Kier molecular flexibility index (Phi) is 6.13. The van der Waals surface area contributed by atoms with E-state index in [1.54, 1.807) is 6.92 Å². The second kappa shape index (κ2) is 7.13. The van der Waals surface area contributed by atoms with E-state index in [9.17, 15) is 4.79 Å². The third kappa shape index (κ3) is 4.97. The van der Waals surface area contributed by atoms with Crippen LogP contribution in [0, 0.1) is 11.8 Å². The zero-order valence-corrected chi connectivity index (χ0v) is 12.0. The number of hydrogen-bond acceptors (Lipinski definition) is 2. The fourth-order valence-corrected chi connectivity index (χ4v) is 2.93.